The molecule has 0 bridgehead atoms. The van der Waals surface area contributed by atoms with Gasteiger partial charge in [0.1, 0.15) is 12.6 Å². The molecule has 1 atom stereocenters. The normalized spacial score (nSPS) is 14.7. The lowest BCUT2D eigenvalue weighted by atomic mass is 9.95. The van der Waals surface area contributed by atoms with Crippen molar-refractivity contribution in [1.82, 2.24) is 10.2 Å². The van der Waals surface area contributed by atoms with Crippen LogP contribution in [0, 0.1) is 13.8 Å². The van der Waals surface area contributed by atoms with Gasteiger partial charge in [-0.05, 0) is 81.1 Å². The fraction of sp³-hybridized carbons (Fsp3) is 0.375. The predicted molar refractivity (Wildman–Crippen MR) is 168 cm³/mol. The lowest BCUT2D eigenvalue weighted by Gasteiger charge is -2.33. The number of aryl methyl sites for hydroxylation is 2. The molecule has 42 heavy (non-hydrogen) atoms. The minimum absolute atomic E-state index is 0.0417. The molecule has 1 aliphatic rings. The first-order valence-electron chi connectivity index (χ1n) is 14.2. The molecule has 0 aromatic heterocycles. The summed E-state index contributed by atoms with van der Waals surface area (Å²) in [5.41, 5.74) is 2.71. The van der Waals surface area contributed by atoms with Crippen molar-refractivity contribution >= 4 is 50.7 Å². The van der Waals surface area contributed by atoms with Crippen LogP contribution in [0.15, 0.2) is 71.6 Å². The Morgan fingerprint density at radius 3 is 2.17 bits per heavy atom. The van der Waals surface area contributed by atoms with Crippen molar-refractivity contribution in [2.45, 2.75) is 76.4 Å². The van der Waals surface area contributed by atoms with Crippen LogP contribution in [-0.2, 0) is 26.2 Å². The molecule has 1 saturated carbocycles. The topological polar surface area (TPSA) is 86.8 Å². The van der Waals surface area contributed by atoms with E-state index in [1.807, 2.05) is 19.9 Å². The van der Waals surface area contributed by atoms with Gasteiger partial charge < -0.3 is 10.2 Å². The van der Waals surface area contributed by atoms with E-state index in [1.165, 1.54) is 17.0 Å². The molecule has 0 aliphatic heterocycles. The van der Waals surface area contributed by atoms with Crippen molar-refractivity contribution in [3.63, 3.8) is 0 Å². The highest BCUT2D eigenvalue weighted by Gasteiger charge is 2.34. The Kier molecular flexibility index (Phi) is 10.6. The average Bonchev–Trinajstić information content (AvgIpc) is 2.97. The molecule has 0 unspecified atom stereocenters. The van der Waals surface area contributed by atoms with Crippen molar-refractivity contribution in [3.8, 4) is 0 Å². The maximum absolute atomic E-state index is 14.2. The van der Waals surface area contributed by atoms with Gasteiger partial charge in [0, 0.05) is 28.2 Å². The SMILES string of the molecule is Cc1ccc(N(CC(=O)N(Cc2c(Cl)cccc2Cl)[C@H](C)C(=O)NC2CCCCC2)S(=O)(=O)c2ccccc2)cc1C. The number of benzene rings is 3. The number of nitrogens with zero attached hydrogens (tertiary/aromatic N) is 2. The van der Waals surface area contributed by atoms with Crippen molar-refractivity contribution in [2.75, 3.05) is 10.8 Å². The minimum Gasteiger partial charge on any atom is -0.352 e. The van der Waals surface area contributed by atoms with Crippen LogP contribution in [-0.4, -0.2) is 43.8 Å². The van der Waals surface area contributed by atoms with E-state index in [0.29, 0.717) is 21.3 Å². The molecule has 0 spiro atoms. The van der Waals surface area contributed by atoms with Gasteiger partial charge in [0.25, 0.3) is 10.0 Å². The molecule has 0 radical (unpaired) electrons. The number of rotatable bonds is 10. The van der Waals surface area contributed by atoms with Gasteiger partial charge in [-0.1, -0.05) is 72.8 Å². The zero-order valence-corrected chi connectivity index (χ0v) is 26.5. The smallest absolute Gasteiger partial charge is 0.264 e. The van der Waals surface area contributed by atoms with Gasteiger partial charge in [0.2, 0.25) is 11.8 Å². The molecule has 7 nitrogen and oxygen atoms in total. The molecule has 2 amide bonds. The Morgan fingerprint density at radius 1 is 0.905 bits per heavy atom. The predicted octanol–water partition coefficient (Wildman–Crippen LogP) is 6.67. The van der Waals surface area contributed by atoms with Crippen LogP contribution in [0.4, 0.5) is 5.69 Å². The largest absolute Gasteiger partial charge is 0.352 e. The third-order valence-electron chi connectivity index (χ3n) is 7.90. The lowest BCUT2D eigenvalue weighted by Crippen LogP contribution is -2.53. The Labute approximate surface area is 258 Å². The minimum atomic E-state index is -4.14. The molecule has 3 aromatic rings. The van der Waals surface area contributed by atoms with Gasteiger partial charge in [-0.2, -0.15) is 0 Å². The summed E-state index contributed by atoms with van der Waals surface area (Å²) in [6.45, 7) is 4.87. The van der Waals surface area contributed by atoms with E-state index in [2.05, 4.69) is 5.32 Å². The highest BCUT2D eigenvalue weighted by molar-refractivity contribution is 7.92. The van der Waals surface area contributed by atoms with Gasteiger partial charge in [-0.25, -0.2) is 8.42 Å². The molecule has 3 aromatic carbocycles. The molecule has 0 heterocycles. The zero-order valence-electron chi connectivity index (χ0n) is 24.1. The molecule has 1 N–H and O–H groups in total. The summed E-state index contributed by atoms with van der Waals surface area (Å²) >= 11 is 13.0. The quantitative estimate of drug-likeness (QED) is 0.271. The number of nitrogens with one attached hydrogen (secondary N) is 1. The fourth-order valence-electron chi connectivity index (χ4n) is 5.13. The second kappa shape index (κ2) is 13.9. The van der Waals surface area contributed by atoms with E-state index in [0.717, 1.165) is 47.5 Å². The molecule has 0 saturated heterocycles. The third-order valence-corrected chi connectivity index (χ3v) is 10.4. The maximum Gasteiger partial charge on any atom is 0.264 e. The third kappa shape index (κ3) is 7.46. The maximum atomic E-state index is 14.2. The lowest BCUT2D eigenvalue weighted by molar-refractivity contribution is -0.139. The average molecular weight is 631 g/mol. The summed E-state index contributed by atoms with van der Waals surface area (Å²) in [7, 11) is -4.14. The van der Waals surface area contributed by atoms with E-state index in [1.54, 1.807) is 55.5 Å². The standard InChI is InChI=1S/C32H37Cl2N3O4S/c1-22-17-18-26(19-23(22)2)37(42(40,41)27-13-8-5-9-14-27)21-31(38)36(20-28-29(33)15-10-16-30(28)34)24(3)32(39)35-25-11-6-4-7-12-25/h5,8-10,13-19,24-25H,4,6-7,11-12,20-21H2,1-3H3,(H,35,39)/t24-/m1/s1. The molecule has 1 aliphatic carbocycles. The highest BCUT2D eigenvalue weighted by Crippen LogP contribution is 2.29. The Bertz CT molecular complexity index is 1510. The Balaban J connectivity index is 1.72. The first kappa shape index (κ1) is 31.9. The van der Waals surface area contributed by atoms with Crippen LogP contribution in [0.2, 0.25) is 10.0 Å². The summed E-state index contributed by atoms with van der Waals surface area (Å²) in [5.74, 6) is -0.864. The first-order valence-corrected chi connectivity index (χ1v) is 16.4. The van der Waals surface area contributed by atoms with Crippen molar-refractivity contribution in [2.24, 2.45) is 0 Å². The number of carbonyl (C=O) groups is 2. The number of sulfonamides is 1. The van der Waals surface area contributed by atoms with Crippen molar-refractivity contribution in [1.29, 1.82) is 0 Å². The molecule has 224 valence electrons. The molecule has 1 fully saturated rings. The van der Waals surface area contributed by atoms with E-state index < -0.39 is 28.5 Å². The van der Waals surface area contributed by atoms with Crippen molar-refractivity contribution < 1.29 is 18.0 Å². The Hall–Kier alpha value is -3.07. The van der Waals surface area contributed by atoms with E-state index in [-0.39, 0.29) is 23.4 Å². The van der Waals surface area contributed by atoms with Crippen LogP contribution in [0.5, 0.6) is 0 Å². The van der Waals surface area contributed by atoms with Crippen LogP contribution in [0.1, 0.15) is 55.7 Å². The van der Waals surface area contributed by atoms with Gasteiger partial charge in [0.05, 0.1) is 10.6 Å². The van der Waals surface area contributed by atoms with Gasteiger partial charge in [-0.3, -0.25) is 13.9 Å². The summed E-state index contributed by atoms with van der Waals surface area (Å²) in [6, 6.07) is 17.4. The summed E-state index contributed by atoms with van der Waals surface area (Å²) < 4.78 is 29.0. The second-order valence-electron chi connectivity index (χ2n) is 10.8. The van der Waals surface area contributed by atoms with Crippen LogP contribution >= 0.6 is 23.2 Å². The number of hydrogen-bond donors (Lipinski definition) is 1. The van der Waals surface area contributed by atoms with Gasteiger partial charge in [0.15, 0.2) is 0 Å². The summed E-state index contributed by atoms with van der Waals surface area (Å²) in [5, 5.41) is 3.79. The van der Waals surface area contributed by atoms with Crippen molar-refractivity contribution in [3.05, 3.63) is 93.5 Å². The molecule has 10 heteroatoms. The molecular formula is C32H37Cl2N3O4S. The molecule has 4 rings (SSSR count). The first-order chi connectivity index (χ1) is 20.0. The number of amides is 2. The van der Waals surface area contributed by atoms with E-state index in [4.69, 9.17) is 23.2 Å². The monoisotopic (exact) mass is 629 g/mol. The van der Waals surface area contributed by atoms with E-state index in [9.17, 15) is 18.0 Å². The second-order valence-corrected chi connectivity index (χ2v) is 13.5. The summed E-state index contributed by atoms with van der Waals surface area (Å²) in [6.07, 6.45) is 5.00. The van der Waals surface area contributed by atoms with Gasteiger partial charge >= 0.3 is 0 Å². The fourth-order valence-corrected chi connectivity index (χ4v) is 7.08. The number of anilines is 1. The zero-order chi connectivity index (χ0) is 30.4. The number of carbonyl (C=O) groups excluding carboxylic acids is 2. The summed E-state index contributed by atoms with van der Waals surface area (Å²) in [4.78, 5) is 29.1. The highest BCUT2D eigenvalue weighted by atomic mass is 35.5. The number of halogens is 2. The Morgan fingerprint density at radius 2 is 1.55 bits per heavy atom. The number of hydrogen-bond acceptors (Lipinski definition) is 4. The molecular weight excluding hydrogens is 593 g/mol. The van der Waals surface area contributed by atoms with Crippen LogP contribution in [0.25, 0.3) is 0 Å². The van der Waals surface area contributed by atoms with Crippen LogP contribution < -0.4 is 9.62 Å². The van der Waals surface area contributed by atoms with Gasteiger partial charge in [-0.15, -0.1) is 0 Å². The van der Waals surface area contributed by atoms with Crippen LogP contribution in [0.3, 0.4) is 0 Å². The van der Waals surface area contributed by atoms with E-state index >= 15 is 0 Å².